The molecule has 37 heavy (non-hydrogen) atoms. The molecule has 1 N–H and O–H groups in total. The molecule has 5 rings (SSSR count). The molecule has 10 nitrogen and oxygen atoms in total. The van der Waals surface area contributed by atoms with Gasteiger partial charge < -0.3 is 19.0 Å². The number of aliphatic imine (C=N–C) groups is 1. The fraction of sp³-hybridized carbons (Fsp3) is 0.0769. The van der Waals surface area contributed by atoms with Gasteiger partial charge in [-0.1, -0.05) is 0 Å². The van der Waals surface area contributed by atoms with E-state index in [1.54, 1.807) is 36.5 Å². The predicted molar refractivity (Wildman–Crippen MR) is 141 cm³/mol. The molecule has 3 heterocycles. The van der Waals surface area contributed by atoms with Crippen molar-refractivity contribution in [1.29, 1.82) is 0 Å². The van der Waals surface area contributed by atoms with Gasteiger partial charge in [0.05, 0.1) is 37.0 Å². The van der Waals surface area contributed by atoms with Gasteiger partial charge in [0, 0.05) is 22.3 Å². The standard InChI is InChI=1S/C26H19BrN4O6/c1-35-22-12-17(31(33)34)5-7-19(22)21-9-6-18(37-21)13-28-26-25(15-3-8-20(32)23(11-15)36-2)29-24-10-4-16(27)14-30(24)26/h3-14,32H,1-2H3. The van der Waals surface area contributed by atoms with Gasteiger partial charge in [0.25, 0.3) is 5.69 Å². The number of rotatable bonds is 7. The van der Waals surface area contributed by atoms with Crippen LogP contribution in [0.25, 0.3) is 28.2 Å². The number of aromatic nitrogens is 2. The Balaban J connectivity index is 1.55. The Morgan fingerprint density at radius 3 is 2.65 bits per heavy atom. The number of pyridine rings is 1. The van der Waals surface area contributed by atoms with E-state index in [2.05, 4.69) is 20.9 Å². The van der Waals surface area contributed by atoms with Crippen molar-refractivity contribution in [2.24, 2.45) is 4.99 Å². The number of nitro groups is 1. The molecule has 0 radical (unpaired) electrons. The number of ether oxygens (including phenoxy) is 2. The largest absolute Gasteiger partial charge is 0.504 e. The first kappa shape index (κ1) is 24.1. The number of fused-ring (bicyclic) bond motifs is 1. The van der Waals surface area contributed by atoms with Crippen LogP contribution in [0, 0.1) is 10.1 Å². The molecule has 0 fully saturated rings. The van der Waals surface area contributed by atoms with Crippen molar-refractivity contribution >= 4 is 39.3 Å². The molecule has 3 aromatic heterocycles. The third-order valence-electron chi connectivity index (χ3n) is 5.61. The first-order valence-electron chi connectivity index (χ1n) is 10.9. The van der Waals surface area contributed by atoms with Crippen molar-refractivity contribution in [3.8, 4) is 39.8 Å². The SMILES string of the molecule is COc1cc(-c2nc3ccc(Br)cn3c2N=Cc2ccc(-c3ccc([N+](=O)[O-])cc3OC)o2)ccc1O. The van der Waals surface area contributed by atoms with Gasteiger partial charge in [-0.3, -0.25) is 14.5 Å². The third-order valence-corrected chi connectivity index (χ3v) is 6.08. The number of aromatic hydroxyl groups is 1. The molecular formula is C26H19BrN4O6. The van der Waals surface area contributed by atoms with Crippen molar-refractivity contribution in [3.05, 3.63) is 87.2 Å². The van der Waals surface area contributed by atoms with E-state index < -0.39 is 4.92 Å². The summed E-state index contributed by atoms with van der Waals surface area (Å²) in [6, 6.07) is 16.5. The minimum atomic E-state index is -0.484. The van der Waals surface area contributed by atoms with Crippen LogP contribution in [-0.2, 0) is 0 Å². The molecule has 5 aromatic rings. The highest BCUT2D eigenvalue weighted by Crippen LogP contribution is 2.37. The maximum absolute atomic E-state index is 11.1. The lowest BCUT2D eigenvalue weighted by Gasteiger charge is -2.06. The van der Waals surface area contributed by atoms with Crippen LogP contribution in [0.5, 0.6) is 17.2 Å². The molecule has 0 atom stereocenters. The van der Waals surface area contributed by atoms with Gasteiger partial charge in [0.1, 0.15) is 28.6 Å². The summed E-state index contributed by atoms with van der Waals surface area (Å²) in [5, 5.41) is 21.1. The smallest absolute Gasteiger partial charge is 0.273 e. The Labute approximate surface area is 218 Å². The van der Waals surface area contributed by atoms with Gasteiger partial charge in [0.15, 0.2) is 17.3 Å². The van der Waals surface area contributed by atoms with Crippen LogP contribution >= 0.6 is 15.9 Å². The zero-order valence-corrected chi connectivity index (χ0v) is 21.2. The lowest BCUT2D eigenvalue weighted by atomic mass is 10.1. The summed E-state index contributed by atoms with van der Waals surface area (Å²) in [6.07, 6.45) is 3.42. The number of hydrogen-bond acceptors (Lipinski definition) is 8. The molecule has 186 valence electrons. The molecule has 0 saturated carbocycles. The van der Waals surface area contributed by atoms with Crippen molar-refractivity contribution < 1.29 is 23.9 Å². The van der Waals surface area contributed by atoms with Crippen LogP contribution in [0.1, 0.15) is 5.76 Å². The summed E-state index contributed by atoms with van der Waals surface area (Å²) in [4.78, 5) is 20.0. The van der Waals surface area contributed by atoms with Gasteiger partial charge >= 0.3 is 0 Å². The van der Waals surface area contributed by atoms with E-state index in [-0.39, 0.29) is 11.4 Å². The third kappa shape index (κ3) is 4.64. The molecule has 0 unspecified atom stereocenters. The zero-order chi connectivity index (χ0) is 26.1. The molecule has 0 aliphatic carbocycles. The predicted octanol–water partition coefficient (Wildman–Crippen LogP) is 6.41. The summed E-state index contributed by atoms with van der Waals surface area (Å²) in [5.41, 5.74) is 2.46. The second-order valence-electron chi connectivity index (χ2n) is 7.85. The summed E-state index contributed by atoms with van der Waals surface area (Å²) in [6.45, 7) is 0. The van der Waals surface area contributed by atoms with E-state index in [0.29, 0.717) is 51.3 Å². The number of benzene rings is 2. The highest BCUT2D eigenvalue weighted by molar-refractivity contribution is 9.10. The number of furan rings is 1. The highest BCUT2D eigenvalue weighted by Gasteiger charge is 2.17. The number of phenols is 1. The van der Waals surface area contributed by atoms with E-state index in [9.17, 15) is 15.2 Å². The minimum Gasteiger partial charge on any atom is -0.504 e. The number of hydrogen-bond donors (Lipinski definition) is 1. The zero-order valence-electron chi connectivity index (χ0n) is 19.6. The normalized spacial score (nSPS) is 11.3. The second kappa shape index (κ2) is 9.78. The molecule has 0 saturated heterocycles. The van der Waals surface area contributed by atoms with Gasteiger partial charge in [0.2, 0.25) is 0 Å². The Bertz CT molecular complexity index is 1670. The molecule has 0 amide bonds. The number of nitro benzene ring substituents is 1. The second-order valence-corrected chi connectivity index (χ2v) is 8.76. The van der Waals surface area contributed by atoms with Crippen molar-refractivity contribution in [2.45, 2.75) is 0 Å². The topological polar surface area (TPSA) is 125 Å². The summed E-state index contributed by atoms with van der Waals surface area (Å²) < 4.78 is 19.2. The molecule has 0 spiro atoms. The van der Waals surface area contributed by atoms with Crippen LogP contribution in [0.15, 0.2) is 80.7 Å². The maximum Gasteiger partial charge on any atom is 0.273 e. The Hall–Kier alpha value is -4.64. The molecule has 0 aliphatic rings. The molecule has 2 aromatic carbocycles. The number of methoxy groups -OCH3 is 2. The Kier molecular flexibility index (Phi) is 6.36. The number of non-ortho nitro benzene ring substituents is 1. The Morgan fingerprint density at radius 2 is 1.89 bits per heavy atom. The van der Waals surface area contributed by atoms with Crippen molar-refractivity contribution in [3.63, 3.8) is 0 Å². The van der Waals surface area contributed by atoms with Crippen molar-refractivity contribution in [1.82, 2.24) is 9.38 Å². The van der Waals surface area contributed by atoms with Crippen LogP contribution < -0.4 is 9.47 Å². The molecular weight excluding hydrogens is 544 g/mol. The number of halogens is 1. The average Bonchev–Trinajstić information content (AvgIpc) is 3.51. The van der Waals surface area contributed by atoms with Crippen molar-refractivity contribution in [2.75, 3.05) is 14.2 Å². The first-order valence-corrected chi connectivity index (χ1v) is 11.7. The monoisotopic (exact) mass is 562 g/mol. The quantitative estimate of drug-likeness (QED) is 0.138. The average molecular weight is 563 g/mol. The van der Waals surface area contributed by atoms with E-state index >= 15 is 0 Å². The summed E-state index contributed by atoms with van der Waals surface area (Å²) in [5.74, 6) is 2.12. The van der Waals surface area contributed by atoms with Gasteiger partial charge in [-0.2, -0.15) is 0 Å². The van der Waals surface area contributed by atoms with Crippen LogP contribution in [0.4, 0.5) is 11.5 Å². The maximum atomic E-state index is 11.1. The molecule has 0 bridgehead atoms. The molecule has 11 heteroatoms. The van der Waals surface area contributed by atoms with E-state index in [0.717, 1.165) is 4.47 Å². The van der Waals surface area contributed by atoms with Gasteiger partial charge in [-0.15, -0.1) is 0 Å². The summed E-state index contributed by atoms with van der Waals surface area (Å²) >= 11 is 3.49. The first-order chi connectivity index (χ1) is 17.9. The van der Waals surface area contributed by atoms with E-state index in [1.807, 2.05) is 22.7 Å². The fourth-order valence-electron chi connectivity index (χ4n) is 3.84. The molecule has 0 aliphatic heterocycles. The summed E-state index contributed by atoms with van der Waals surface area (Å²) in [7, 11) is 2.92. The van der Waals surface area contributed by atoms with Crippen LogP contribution in [-0.4, -0.2) is 39.8 Å². The lowest BCUT2D eigenvalue weighted by molar-refractivity contribution is -0.384. The van der Waals surface area contributed by atoms with Gasteiger partial charge in [-0.05, 0) is 64.5 Å². The lowest BCUT2D eigenvalue weighted by Crippen LogP contribution is -1.92. The van der Waals surface area contributed by atoms with E-state index in [4.69, 9.17) is 18.9 Å². The minimum absolute atomic E-state index is 0.0209. The van der Waals surface area contributed by atoms with Gasteiger partial charge in [-0.25, -0.2) is 9.98 Å². The van der Waals surface area contributed by atoms with Crippen LogP contribution in [0.2, 0.25) is 0 Å². The number of imidazole rings is 1. The van der Waals surface area contributed by atoms with E-state index in [1.165, 1.54) is 32.4 Å². The Morgan fingerprint density at radius 1 is 1.08 bits per heavy atom. The number of nitrogens with zero attached hydrogens (tertiary/aromatic N) is 4. The fourth-order valence-corrected chi connectivity index (χ4v) is 4.17. The van der Waals surface area contributed by atoms with Crippen LogP contribution in [0.3, 0.4) is 0 Å². The number of phenolic OH excluding ortho intramolecular Hbond substituents is 1. The highest BCUT2D eigenvalue weighted by atomic mass is 79.9.